The van der Waals surface area contributed by atoms with E-state index in [9.17, 15) is 18.4 Å². The number of benzene rings is 2. The number of ketones is 1. The summed E-state index contributed by atoms with van der Waals surface area (Å²) in [5, 5.41) is 3.34. The molecule has 1 N–H and O–H groups in total. The summed E-state index contributed by atoms with van der Waals surface area (Å²) in [4.78, 5) is 31.2. The van der Waals surface area contributed by atoms with E-state index in [4.69, 9.17) is 11.6 Å². The number of hydrogen-bond donors (Lipinski definition) is 1. The summed E-state index contributed by atoms with van der Waals surface area (Å²) in [6.45, 7) is 2.67. The van der Waals surface area contributed by atoms with Gasteiger partial charge < -0.3 is 5.32 Å². The summed E-state index contributed by atoms with van der Waals surface area (Å²) in [7, 11) is 0. The van der Waals surface area contributed by atoms with Gasteiger partial charge in [-0.15, -0.1) is 0 Å². The quantitative estimate of drug-likeness (QED) is 0.815. The number of hydrogen-bond acceptors (Lipinski definition) is 4. The first-order chi connectivity index (χ1) is 13.8. The van der Waals surface area contributed by atoms with Gasteiger partial charge in [0.25, 0.3) is 0 Å². The first-order valence-electron chi connectivity index (χ1n) is 9.21. The van der Waals surface area contributed by atoms with Crippen LogP contribution >= 0.6 is 11.6 Å². The molecule has 0 saturated carbocycles. The van der Waals surface area contributed by atoms with E-state index < -0.39 is 23.3 Å². The van der Waals surface area contributed by atoms with Gasteiger partial charge in [0.05, 0.1) is 18.0 Å². The second-order valence-electron chi connectivity index (χ2n) is 7.27. The molecule has 5 nitrogen and oxygen atoms in total. The molecular formula is C21H18ClF2N3O2. The number of carbonyl (C=O) groups excluding carboxylic acids is 2. The number of likely N-dealkylation sites (tertiary alicyclic amines) is 1. The molecule has 1 unspecified atom stereocenters. The molecule has 1 saturated heterocycles. The van der Waals surface area contributed by atoms with E-state index in [0.29, 0.717) is 29.4 Å². The number of fused-ring (bicyclic) bond motifs is 2. The van der Waals surface area contributed by atoms with Crippen molar-refractivity contribution in [2.45, 2.75) is 13.3 Å². The molecule has 0 aromatic heterocycles. The van der Waals surface area contributed by atoms with Crippen molar-refractivity contribution in [3.63, 3.8) is 0 Å². The zero-order chi connectivity index (χ0) is 20.7. The summed E-state index contributed by atoms with van der Waals surface area (Å²) in [5.74, 6) is -2.89. The van der Waals surface area contributed by atoms with Crippen LogP contribution in [0.4, 0.5) is 20.2 Å². The molecule has 0 radical (unpaired) electrons. The summed E-state index contributed by atoms with van der Waals surface area (Å²) >= 11 is 6.08. The van der Waals surface area contributed by atoms with Gasteiger partial charge in [0, 0.05) is 29.5 Å². The minimum atomic E-state index is -0.777. The lowest BCUT2D eigenvalue weighted by atomic mass is 9.84. The minimum Gasteiger partial charge on any atom is -0.325 e. The number of carbonyl (C=O) groups is 2. The number of anilines is 1. The van der Waals surface area contributed by atoms with Gasteiger partial charge in [-0.2, -0.15) is 0 Å². The van der Waals surface area contributed by atoms with Gasteiger partial charge in [0.15, 0.2) is 5.78 Å². The predicted molar refractivity (Wildman–Crippen MR) is 107 cm³/mol. The van der Waals surface area contributed by atoms with Crippen LogP contribution in [0, 0.1) is 24.5 Å². The van der Waals surface area contributed by atoms with E-state index in [-0.39, 0.29) is 30.2 Å². The average molecular weight is 418 g/mol. The van der Waals surface area contributed by atoms with Crippen LogP contribution < -0.4 is 5.32 Å². The number of halogens is 3. The van der Waals surface area contributed by atoms with Crippen LogP contribution in [-0.4, -0.2) is 41.9 Å². The van der Waals surface area contributed by atoms with E-state index in [0.717, 1.165) is 17.7 Å². The van der Waals surface area contributed by atoms with Crippen LogP contribution in [0.2, 0.25) is 5.02 Å². The molecule has 1 fully saturated rings. The van der Waals surface area contributed by atoms with Gasteiger partial charge in [0.2, 0.25) is 5.91 Å². The second kappa shape index (κ2) is 7.65. The first-order valence-corrected chi connectivity index (χ1v) is 9.59. The number of nitrogens with zero attached hydrogens (tertiary/aromatic N) is 2. The van der Waals surface area contributed by atoms with Gasteiger partial charge in [-0.05, 0) is 43.2 Å². The molecule has 2 aromatic carbocycles. The van der Waals surface area contributed by atoms with Gasteiger partial charge in [-0.3, -0.25) is 19.5 Å². The van der Waals surface area contributed by atoms with E-state index in [2.05, 4.69) is 10.3 Å². The third-order valence-electron chi connectivity index (χ3n) is 5.25. The lowest BCUT2D eigenvalue weighted by molar-refractivity contribution is -0.117. The third kappa shape index (κ3) is 3.80. The van der Waals surface area contributed by atoms with E-state index in [1.165, 1.54) is 0 Å². The van der Waals surface area contributed by atoms with Gasteiger partial charge in [0.1, 0.15) is 17.3 Å². The second-order valence-corrected chi connectivity index (χ2v) is 7.68. The Morgan fingerprint density at radius 3 is 2.79 bits per heavy atom. The topological polar surface area (TPSA) is 61.8 Å². The minimum absolute atomic E-state index is 0.0705. The molecule has 8 heteroatoms. The summed E-state index contributed by atoms with van der Waals surface area (Å²) < 4.78 is 28.1. The first kappa shape index (κ1) is 19.7. The lowest BCUT2D eigenvalue weighted by Gasteiger charge is -2.34. The predicted octanol–water partition coefficient (Wildman–Crippen LogP) is 4.16. The van der Waals surface area contributed by atoms with Gasteiger partial charge >= 0.3 is 0 Å². The molecule has 1 amide bonds. The number of amides is 1. The highest BCUT2D eigenvalue weighted by Gasteiger charge is 2.38. The number of aliphatic imine (C=N–C) groups is 1. The maximum Gasteiger partial charge on any atom is 0.238 e. The fourth-order valence-electron chi connectivity index (χ4n) is 3.69. The summed E-state index contributed by atoms with van der Waals surface area (Å²) in [6.07, 6.45) is 0.412. The Morgan fingerprint density at radius 1 is 1.28 bits per heavy atom. The highest BCUT2D eigenvalue weighted by atomic mass is 35.5. The Bertz CT molecular complexity index is 1050. The Morgan fingerprint density at radius 2 is 2.03 bits per heavy atom. The van der Waals surface area contributed by atoms with Crippen molar-refractivity contribution in [2.75, 3.05) is 25.0 Å². The van der Waals surface area contributed by atoms with Crippen molar-refractivity contribution in [1.29, 1.82) is 0 Å². The van der Waals surface area contributed by atoms with Crippen molar-refractivity contribution in [2.24, 2.45) is 10.9 Å². The largest absolute Gasteiger partial charge is 0.325 e. The molecule has 0 spiro atoms. The number of piperidine rings is 1. The fourth-order valence-corrected chi connectivity index (χ4v) is 3.87. The molecule has 4 rings (SSSR count). The highest BCUT2D eigenvalue weighted by molar-refractivity contribution is 6.31. The average Bonchev–Trinajstić information content (AvgIpc) is 2.68. The smallest absolute Gasteiger partial charge is 0.238 e. The molecule has 0 aliphatic carbocycles. The summed E-state index contributed by atoms with van der Waals surface area (Å²) in [6, 6.07) is 7.16. The molecular weight excluding hydrogens is 400 g/mol. The number of rotatable bonds is 3. The van der Waals surface area contributed by atoms with Crippen LogP contribution in [0.3, 0.4) is 0 Å². The molecule has 0 bridgehead atoms. The molecule has 150 valence electrons. The van der Waals surface area contributed by atoms with Gasteiger partial charge in [-0.1, -0.05) is 17.7 Å². The Labute approximate surface area is 171 Å². The van der Waals surface area contributed by atoms with Crippen molar-refractivity contribution in [3.05, 3.63) is 58.1 Å². The van der Waals surface area contributed by atoms with Crippen LogP contribution in [-0.2, 0) is 4.79 Å². The SMILES string of the molecule is Cc1ccc(NC(=O)CN2CCC3=Nc4c(F)ccc(F)c4C(=O)C3C2)cc1Cl. The number of Topliss-reactive ketones (excluding diaryl/α,β-unsaturated/α-hetero) is 1. The van der Waals surface area contributed by atoms with Crippen LogP contribution in [0.15, 0.2) is 35.3 Å². The molecule has 2 aliphatic heterocycles. The maximum absolute atomic E-state index is 14.1. The fraction of sp³-hybridized carbons (Fsp3) is 0.286. The van der Waals surface area contributed by atoms with E-state index >= 15 is 0 Å². The Hall–Kier alpha value is -2.64. The van der Waals surface area contributed by atoms with Crippen LogP contribution in [0.5, 0.6) is 0 Å². The Kier molecular flexibility index (Phi) is 5.19. The summed E-state index contributed by atoms with van der Waals surface area (Å²) in [5.41, 5.74) is 1.51. The highest BCUT2D eigenvalue weighted by Crippen LogP contribution is 2.35. The van der Waals surface area contributed by atoms with Crippen molar-refractivity contribution in [3.8, 4) is 0 Å². The van der Waals surface area contributed by atoms with Crippen LogP contribution in [0.1, 0.15) is 22.3 Å². The number of nitrogens with one attached hydrogen (secondary N) is 1. The van der Waals surface area contributed by atoms with E-state index in [1.54, 1.807) is 12.1 Å². The Balaban J connectivity index is 1.46. The monoisotopic (exact) mass is 417 g/mol. The maximum atomic E-state index is 14.1. The lowest BCUT2D eigenvalue weighted by Crippen LogP contribution is -2.48. The molecule has 29 heavy (non-hydrogen) atoms. The van der Waals surface area contributed by atoms with Gasteiger partial charge in [-0.25, -0.2) is 8.78 Å². The zero-order valence-corrected chi connectivity index (χ0v) is 16.4. The standard InChI is InChI=1S/C21H18ClF2N3O2/c1-11-2-3-12(8-14(11)22)25-18(28)10-27-7-6-17-13(9-27)21(29)19-15(23)4-5-16(24)20(19)26-17/h2-5,8,13H,6-7,9-10H2,1H3,(H,25,28). The van der Waals surface area contributed by atoms with Crippen molar-refractivity contribution < 1.29 is 18.4 Å². The van der Waals surface area contributed by atoms with Crippen molar-refractivity contribution >= 4 is 40.4 Å². The number of aryl methyl sites for hydroxylation is 1. The molecule has 2 aliphatic rings. The molecule has 2 aromatic rings. The molecule has 1 atom stereocenters. The third-order valence-corrected chi connectivity index (χ3v) is 5.65. The van der Waals surface area contributed by atoms with E-state index in [1.807, 2.05) is 17.9 Å². The van der Waals surface area contributed by atoms with Crippen molar-refractivity contribution in [1.82, 2.24) is 4.90 Å². The molecule has 2 heterocycles. The van der Waals surface area contributed by atoms with Crippen LogP contribution in [0.25, 0.3) is 0 Å². The normalized spacial score (nSPS) is 18.7. The zero-order valence-electron chi connectivity index (χ0n) is 15.6.